The van der Waals surface area contributed by atoms with Crippen LogP contribution in [0.15, 0.2) is 21.4 Å². The summed E-state index contributed by atoms with van der Waals surface area (Å²) in [6.07, 6.45) is 0.822. The number of hydrogen-bond donors (Lipinski definition) is 1. The van der Waals surface area contributed by atoms with Gasteiger partial charge in [0.15, 0.2) is 4.67 Å². The SMILES string of the molecule is O=C(O)CC1CN(C(=O)c2coc(Br)c2)CCO1. The zero-order valence-corrected chi connectivity index (χ0v) is 11.1. The Labute approximate surface area is 112 Å². The van der Waals surface area contributed by atoms with Crippen LogP contribution in [0, 0.1) is 0 Å². The highest BCUT2D eigenvalue weighted by molar-refractivity contribution is 9.10. The Kier molecular flexibility index (Phi) is 4.03. The van der Waals surface area contributed by atoms with Crippen LogP contribution in [0.2, 0.25) is 0 Å². The van der Waals surface area contributed by atoms with Crippen molar-refractivity contribution >= 4 is 27.8 Å². The molecule has 18 heavy (non-hydrogen) atoms. The van der Waals surface area contributed by atoms with E-state index in [1.54, 1.807) is 11.0 Å². The van der Waals surface area contributed by atoms with Crippen molar-refractivity contribution < 1.29 is 23.8 Å². The van der Waals surface area contributed by atoms with E-state index in [1.165, 1.54) is 6.26 Å². The minimum absolute atomic E-state index is 0.0984. The molecule has 1 N–H and O–H groups in total. The van der Waals surface area contributed by atoms with Gasteiger partial charge < -0.3 is 19.2 Å². The fraction of sp³-hybridized carbons (Fsp3) is 0.455. The molecule has 1 aromatic rings. The van der Waals surface area contributed by atoms with Gasteiger partial charge >= 0.3 is 5.97 Å². The third-order valence-corrected chi connectivity index (χ3v) is 3.06. The maximum absolute atomic E-state index is 12.1. The lowest BCUT2D eigenvalue weighted by molar-refractivity contribution is -0.141. The Bertz CT molecular complexity index is 458. The summed E-state index contributed by atoms with van der Waals surface area (Å²) in [4.78, 5) is 24.3. The quantitative estimate of drug-likeness (QED) is 0.910. The Morgan fingerprint density at radius 2 is 2.33 bits per heavy atom. The number of ether oxygens (including phenoxy) is 1. The van der Waals surface area contributed by atoms with Crippen molar-refractivity contribution in [3.05, 3.63) is 22.6 Å². The largest absolute Gasteiger partial charge is 0.481 e. The molecule has 0 saturated carbocycles. The predicted molar refractivity (Wildman–Crippen MR) is 64.3 cm³/mol. The molecule has 0 spiro atoms. The number of aliphatic carboxylic acids is 1. The summed E-state index contributed by atoms with van der Waals surface area (Å²) in [6, 6.07) is 1.59. The molecule has 1 unspecified atom stereocenters. The Morgan fingerprint density at radius 1 is 1.56 bits per heavy atom. The molecule has 1 aliphatic heterocycles. The average Bonchev–Trinajstić information content (AvgIpc) is 2.74. The molecule has 1 amide bonds. The van der Waals surface area contributed by atoms with Crippen LogP contribution in [0.3, 0.4) is 0 Å². The lowest BCUT2D eigenvalue weighted by Crippen LogP contribution is -2.46. The molecule has 2 heterocycles. The Balaban J connectivity index is 2.00. The number of carbonyl (C=O) groups excluding carboxylic acids is 1. The summed E-state index contributed by atoms with van der Waals surface area (Å²) < 4.78 is 10.8. The number of morpholine rings is 1. The van der Waals surface area contributed by atoms with Crippen molar-refractivity contribution in [1.29, 1.82) is 0 Å². The monoisotopic (exact) mass is 317 g/mol. The van der Waals surface area contributed by atoms with Crippen LogP contribution in [-0.4, -0.2) is 47.7 Å². The van der Waals surface area contributed by atoms with Gasteiger partial charge in [-0.2, -0.15) is 0 Å². The summed E-state index contributed by atoms with van der Waals surface area (Å²) in [6.45, 7) is 1.09. The van der Waals surface area contributed by atoms with E-state index in [2.05, 4.69) is 15.9 Å². The second-order valence-electron chi connectivity index (χ2n) is 3.98. The van der Waals surface area contributed by atoms with Crippen LogP contribution < -0.4 is 0 Å². The van der Waals surface area contributed by atoms with E-state index < -0.39 is 12.1 Å². The lowest BCUT2D eigenvalue weighted by Gasteiger charge is -2.32. The van der Waals surface area contributed by atoms with Crippen LogP contribution >= 0.6 is 15.9 Å². The molecule has 98 valence electrons. The van der Waals surface area contributed by atoms with Gasteiger partial charge in [-0.05, 0) is 15.9 Å². The molecule has 1 saturated heterocycles. The summed E-state index contributed by atoms with van der Waals surface area (Å²) in [5, 5.41) is 8.71. The molecule has 7 heteroatoms. The van der Waals surface area contributed by atoms with Crippen LogP contribution in [-0.2, 0) is 9.53 Å². The first-order chi connectivity index (χ1) is 8.56. The van der Waals surface area contributed by atoms with Gasteiger partial charge in [0.2, 0.25) is 0 Å². The van der Waals surface area contributed by atoms with E-state index >= 15 is 0 Å². The van der Waals surface area contributed by atoms with Gasteiger partial charge in [-0.3, -0.25) is 9.59 Å². The first-order valence-electron chi connectivity index (χ1n) is 5.43. The summed E-state index contributed by atoms with van der Waals surface area (Å²) in [7, 11) is 0. The fourth-order valence-corrected chi connectivity index (χ4v) is 2.17. The van der Waals surface area contributed by atoms with Crippen molar-refractivity contribution in [3.8, 4) is 0 Å². The second-order valence-corrected chi connectivity index (χ2v) is 4.76. The van der Waals surface area contributed by atoms with E-state index in [0.717, 1.165) is 0 Å². The molecule has 1 aromatic heterocycles. The molecule has 1 atom stereocenters. The summed E-state index contributed by atoms with van der Waals surface area (Å²) in [5.41, 5.74) is 0.442. The number of furan rings is 1. The molecular formula is C11H12BrNO5. The van der Waals surface area contributed by atoms with Crippen molar-refractivity contribution in [2.45, 2.75) is 12.5 Å². The smallest absolute Gasteiger partial charge is 0.306 e. The van der Waals surface area contributed by atoms with Gasteiger partial charge in [-0.15, -0.1) is 0 Å². The van der Waals surface area contributed by atoms with E-state index in [9.17, 15) is 9.59 Å². The number of halogens is 1. The number of carbonyl (C=O) groups is 2. The lowest BCUT2D eigenvalue weighted by atomic mass is 10.2. The standard InChI is InChI=1S/C11H12BrNO5/c12-9-3-7(6-18-9)11(16)13-1-2-17-8(5-13)4-10(14)15/h3,6,8H,1-2,4-5H2,(H,14,15). The maximum Gasteiger partial charge on any atom is 0.306 e. The third-order valence-electron chi connectivity index (χ3n) is 2.64. The topological polar surface area (TPSA) is 80.0 Å². The first kappa shape index (κ1) is 13.1. The Morgan fingerprint density at radius 3 is 2.94 bits per heavy atom. The zero-order valence-electron chi connectivity index (χ0n) is 9.47. The molecule has 0 bridgehead atoms. The molecule has 2 rings (SSSR count). The molecule has 1 aliphatic rings. The van der Waals surface area contributed by atoms with Crippen molar-refractivity contribution in [3.63, 3.8) is 0 Å². The number of carboxylic acids is 1. The van der Waals surface area contributed by atoms with Crippen LogP contribution in [0.1, 0.15) is 16.8 Å². The fourth-order valence-electron chi connectivity index (χ4n) is 1.83. The van der Waals surface area contributed by atoms with Gasteiger partial charge in [-0.1, -0.05) is 0 Å². The minimum Gasteiger partial charge on any atom is -0.481 e. The number of rotatable bonds is 3. The normalized spacial score (nSPS) is 19.8. The molecular weight excluding hydrogens is 306 g/mol. The molecule has 0 aromatic carbocycles. The Hall–Kier alpha value is -1.34. The molecule has 0 radical (unpaired) electrons. The van der Waals surface area contributed by atoms with Gasteiger partial charge in [0, 0.05) is 19.2 Å². The van der Waals surface area contributed by atoms with Crippen molar-refractivity contribution in [1.82, 2.24) is 4.90 Å². The highest BCUT2D eigenvalue weighted by Crippen LogP contribution is 2.18. The summed E-state index contributed by atoms with van der Waals surface area (Å²) in [5.74, 6) is -1.11. The zero-order chi connectivity index (χ0) is 13.1. The van der Waals surface area contributed by atoms with Gasteiger partial charge in [0.05, 0.1) is 24.7 Å². The maximum atomic E-state index is 12.1. The highest BCUT2D eigenvalue weighted by atomic mass is 79.9. The molecule has 6 nitrogen and oxygen atoms in total. The minimum atomic E-state index is -0.930. The van der Waals surface area contributed by atoms with Crippen molar-refractivity contribution in [2.24, 2.45) is 0 Å². The number of hydrogen-bond acceptors (Lipinski definition) is 4. The number of nitrogens with zero attached hydrogens (tertiary/aromatic N) is 1. The summed E-state index contributed by atoms with van der Waals surface area (Å²) >= 11 is 3.13. The second kappa shape index (κ2) is 5.53. The van der Waals surface area contributed by atoms with Crippen molar-refractivity contribution in [2.75, 3.05) is 19.7 Å². The third kappa shape index (κ3) is 3.11. The number of carboxylic acid groups (broad SMARTS) is 1. The highest BCUT2D eigenvalue weighted by Gasteiger charge is 2.27. The van der Waals surface area contributed by atoms with Crippen LogP contribution in [0.5, 0.6) is 0 Å². The number of amides is 1. The van der Waals surface area contributed by atoms with E-state index in [1.807, 2.05) is 0 Å². The average molecular weight is 318 g/mol. The molecule has 0 aliphatic carbocycles. The predicted octanol–water partition coefficient (Wildman–Crippen LogP) is 1.36. The van der Waals surface area contributed by atoms with Gasteiger partial charge in [0.25, 0.3) is 5.91 Å². The van der Waals surface area contributed by atoms with Crippen LogP contribution in [0.4, 0.5) is 0 Å². The van der Waals surface area contributed by atoms with Gasteiger partial charge in [0.1, 0.15) is 6.26 Å². The van der Waals surface area contributed by atoms with Gasteiger partial charge in [-0.25, -0.2) is 0 Å². The van der Waals surface area contributed by atoms with Crippen LogP contribution in [0.25, 0.3) is 0 Å². The van der Waals surface area contributed by atoms with E-state index in [-0.39, 0.29) is 18.9 Å². The van der Waals surface area contributed by atoms with E-state index in [0.29, 0.717) is 23.4 Å². The van der Waals surface area contributed by atoms with E-state index in [4.69, 9.17) is 14.3 Å². The first-order valence-corrected chi connectivity index (χ1v) is 6.22. The molecule has 1 fully saturated rings.